The van der Waals surface area contributed by atoms with E-state index in [0.717, 1.165) is 24.6 Å². The highest BCUT2D eigenvalue weighted by atomic mass is 32.2. The second kappa shape index (κ2) is 6.86. The summed E-state index contributed by atoms with van der Waals surface area (Å²) in [6.07, 6.45) is 1.27. The first-order valence-electron chi connectivity index (χ1n) is 5.97. The summed E-state index contributed by atoms with van der Waals surface area (Å²) in [7, 11) is 0. The first-order chi connectivity index (χ1) is 8.08. The van der Waals surface area contributed by atoms with E-state index in [0.29, 0.717) is 5.75 Å². The van der Waals surface area contributed by atoms with E-state index in [4.69, 9.17) is 0 Å². The van der Waals surface area contributed by atoms with E-state index in [9.17, 15) is 14.7 Å². The van der Waals surface area contributed by atoms with Gasteiger partial charge in [0.2, 0.25) is 5.91 Å². The van der Waals surface area contributed by atoms with Crippen molar-refractivity contribution in [1.82, 2.24) is 10.6 Å². The number of hydrogen-bond donors (Lipinski definition) is 3. The molecule has 0 aromatic carbocycles. The predicted octanol–water partition coefficient (Wildman–Crippen LogP) is 0.725. The van der Waals surface area contributed by atoms with Crippen LogP contribution in [0.5, 0.6) is 0 Å². The first-order valence-corrected chi connectivity index (χ1v) is 6.96. The molecule has 0 spiro atoms. The van der Waals surface area contributed by atoms with Gasteiger partial charge in [0.05, 0.1) is 6.10 Å². The third-order valence-electron chi connectivity index (χ3n) is 3.07. The van der Waals surface area contributed by atoms with Gasteiger partial charge < -0.3 is 15.7 Å². The van der Waals surface area contributed by atoms with Crippen LogP contribution in [-0.4, -0.2) is 40.7 Å². The monoisotopic (exact) mass is 260 g/mol. The van der Waals surface area contributed by atoms with Crippen LogP contribution >= 0.6 is 11.8 Å². The third-order valence-corrected chi connectivity index (χ3v) is 3.95. The second-order valence-electron chi connectivity index (χ2n) is 4.18. The minimum atomic E-state index is -0.515. The molecule has 2 unspecified atom stereocenters. The Morgan fingerprint density at radius 3 is 2.71 bits per heavy atom. The fraction of sp³-hybridized carbons (Fsp3) is 0.818. The highest BCUT2D eigenvalue weighted by molar-refractivity contribution is 8.14. The summed E-state index contributed by atoms with van der Waals surface area (Å²) in [4.78, 5) is 22.6. The summed E-state index contributed by atoms with van der Waals surface area (Å²) >= 11 is 1.11. The number of rotatable bonds is 6. The van der Waals surface area contributed by atoms with Crippen molar-refractivity contribution in [2.24, 2.45) is 5.92 Å². The molecule has 0 aliphatic carbocycles. The molecule has 0 radical (unpaired) electrons. The zero-order chi connectivity index (χ0) is 12.8. The molecule has 1 aliphatic rings. The smallest absolute Gasteiger partial charge is 0.279 e. The van der Waals surface area contributed by atoms with Crippen molar-refractivity contribution in [2.75, 3.05) is 12.3 Å². The summed E-state index contributed by atoms with van der Waals surface area (Å²) in [5.41, 5.74) is 0. The number of amides is 2. The second-order valence-corrected chi connectivity index (χ2v) is 5.18. The molecule has 0 aromatic heterocycles. The molecule has 0 aromatic rings. The molecule has 0 bridgehead atoms. The van der Waals surface area contributed by atoms with Gasteiger partial charge >= 0.3 is 0 Å². The van der Waals surface area contributed by atoms with Crippen molar-refractivity contribution in [3.8, 4) is 0 Å². The lowest BCUT2D eigenvalue weighted by Crippen LogP contribution is -2.46. The van der Waals surface area contributed by atoms with Gasteiger partial charge in [-0.3, -0.25) is 9.59 Å². The summed E-state index contributed by atoms with van der Waals surface area (Å²) < 4.78 is 0. The van der Waals surface area contributed by atoms with E-state index in [1.54, 1.807) is 0 Å². The Balaban J connectivity index is 2.30. The van der Waals surface area contributed by atoms with Crippen molar-refractivity contribution in [1.29, 1.82) is 0 Å². The van der Waals surface area contributed by atoms with Gasteiger partial charge in [0.1, 0.15) is 6.04 Å². The van der Waals surface area contributed by atoms with E-state index < -0.39 is 12.1 Å². The molecule has 1 aliphatic heterocycles. The molecule has 1 saturated heterocycles. The number of nitrogens with one attached hydrogen (secondary N) is 2. The maximum atomic E-state index is 11.6. The van der Waals surface area contributed by atoms with Gasteiger partial charge in [0, 0.05) is 12.3 Å². The maximum Gasteiger partial charge on any atom is 0.279 e. The molecular weight excluding hydrogens is 240 g/mol. The molecule has 1 heterocycles. The number of hydrogen-bond acceptors (Lipinski definition) is 4. The lowest BCUT2D eigenvalue weighted by Gasteiger charge is -2.21. The Morgan fingerprint density at radius 2 is 2.24 bits per heavy atom. The molecule has 3 N–H and O–H groups in total. The minimum Gasteiger partial charge on any atom is -0.391 e. The molecule has 2 amide bonds. The van der Waals surface area contributed by atoms with Crippen molar-refractivity contribution in [3.63, 3.8) is 0 Å². The van der Waals surface area contributed by atoms with E-state index in [1.165, 1.54) is 0 Å². The highest BCUT2D eigenvalue weighted by Gasteiger charge is 2.28. The predicted molar refractivity (Wildman–Crippen MR) is 67.9 cm³/mol. The largest absolute Gasteiger partial charge is 0.391 e. The maximum absolute atomic E-state index is 11.6. The van der Waals surface area contributed by atoms with Crippen LogP contribution in [0.15, 0.2) is 0 Å². The van der Waals surface area contributed by atoms with Gasteiger partial charge in [-0.05, 0) is 5.92 Å². The molecule has 17 heavy (non-hydrogen) atoms. The van der Waals surface area contributed by atoms with Crippen LogP contribution in [0.1, 0.15) is 26.7 Å². The Morgan fingerprint density at radius 1 is 1.59 bits per heavy atom. The van der Waals surface area contributed by atoms with Crippen molar-refractivity contribution < 1.29 is 14.7 Å². The SMILES string of the molecule is CCC(CC)C(O)CNC(=O)C1CSC(=O)N1. The molecular formula is C11H20N2O3S. The molecule has 2 atom stereocenters. The average molecular weight is 260 g/mol. The quantitative estimate of drug-likeness (QED) is 0.657. The number of carbonyl (C=O) groups excluding carboxylic acids is 2. The number of aliphatic hydroxyl groups is 1. The van der Waals surface area contributed by atoms with E-state index in [2.05, 4.69) is 10.6 Å². The van der Waals surface area contributed by atoms with Crippen molar-refractivity contribution in [3.05, 3.63) is 0 Å². The van der Waals surface area contributed by atoms with Crippen LogP contribution in [0.3, 0.4) is 0 Å². The van der Waals surface area contributed by atoms with Crippen LogP contribution in [0.25, 0.3) is 0 Å². The van der Waals surface area contributed by atoms with E-state index >= 15 is 0 Å². The van der Waals surface area contributed by atoms with Gasteiger partial charge in [-0.1, -0.05) is 38.5 Å². The van der Waals surface area contributed by atoms with Crippen molar-refractivity contribution >= 4 is 22.9 Å². The Kier molecular flexibility index (Phi) is 5.77. The normalized spacial score (nSPS) is 21.4. The Hall–Kier alpha value is -0.750. The number of thioether (sulfide) groups is 1. The average Bonchev–Trinajstić information content (AvgIpc) is 2.74. The molecule has 5 nitrogen and oxygen atoms in total. The summed E-state index contributed by atoms with van der Waals surface area (Å²) in [5, 5.41) is 14.9. The topological polar surface area (TPSA) is 78.4 Å². The molecule has 98 valence electrons. The summed E-state index contributed by atoms with van der Waals surface area (Å²) in [6, 6.07) is -0.457. The Bertz CT molecular complexity index is 282. The highest BCUT2D eigenvalue weighted by Crippen LogP contribution is 2.14. The van der Waals surface area contributed by atoms with E-state index in [1.807, 2.05) is 13.8 Å². The number of aliphatic hydroxyl groups excluding tert-OH is 1. The van der Waals surface area contributed by atoms with Crippen LogP contribution in [-0.2, 0) is 4.79 Å². The zero-order valence-electron chi connectivity index (χ0n) is 10.2. The van der Waals surface area contributed by atoms with Gasteiger partial charge in [-0.15, -0.1) is 0 Å². The van der Waals surface area contributed by atoms with Gasteiger partial charge in [-0.2, -0.15) is 0 Å². The lowest BCUT2D eigenvalue weighted by molar-refractivity contribution is -0.122. The van der Waals surface area contributed by atoms with Gasteiger partial charge in [0.15, 0.2) is 0 Å². The van der Waals surface area contributed by atoms with E-state index in [-0.39, 0.29) is 23.6 Å². The van der Waals surface area contributed by atoms with Crippen LogP contribution in [0.4, 0.5) is 4.79 Å². The van der Waals surface area contributed by atoms with Gasteiger partial charge in [0.25, 0.3) is 5.24 Å². The van der Waals surface area contributed by atoms with Gasteiger partial charge in [-0.25, -0.2) is 0 Å². The molecule has 6 heteroatoms. The number of carbonyl (C=O) groups is 2. The zero-order valence-corrected chi connectivity index (χ0v) is 11.0. The van der Waals surface area contributed by atoms with Crippen LogP contribution in [0, 0.1) is 5.92 Å². The molecule has 1 rings (SSSR count). The third kappa shape index (κ3) is 4.20. The molecule has 1 fully saturated rings. The summed E-state index contributed by atoms with van der Waals surface area (Å²) in [5.74, 6) is 0.461. The first kappa shape index (κ1) is 14.3. The molecule has 0 saturated carbocycles. The minimum absolute atomic E-state index is 0.161. The van der Waals surface area contributed by atoms with Crippen molar-refractivity contribution in [2.45, 2.75) is 38.8 Å². The summed E-state index contributed by atoms with van der Waals surface area (Å²) in [6.45, 7) is 4.29. The fourth-order valence-electron chi connectivity index (χ4n) is 1.85. The fourth-order valence-corrected chi connectivity index (χ4v) is 2.63. The van der Waals surface area contributed by atoms with Crippen LogP contribution < -0.4 is 10.6 Å². The standard InChI is InChI=1S/C11H20N2O3S/c1-3-7(4-2)9(14)5-12-10(15)8-6-17-11(16)13-8/h7-9,14H,3-6H2,1-2H3,(H,12,15)(H,13,16). The van der Waals surface area contributed by atoms with Crippen LogP contribution in [0.2, 0.25) is 0 Å². The lowest BCUT2D eigenvalue weighted by atomic mass is 9.96. The Labute approximate surface area is 106 Å².